The molecule has 0 radical (unpaired) electrons. The van der Waals surface area contributed by atoms with Gasteiger partial charge in [0.15, 0.2) is 5.75 Å². The summed E-state index contributed by atoms with van der Waals surface area (Å²) >= 11 is 6.13. The maximum atomic E-state index is 13.2. The van der Waals surface area contributed by atoms with E-state index in [0.717, 1.165) is 0 Å². The number of hydrogen-bond acceptors (Lipinski definition) is 5. The van der Waals surface area contributed by atoms with Crippen LogP contribution in [0.3, 0.4) is 0 Å². The second kappa shape index (κ2) is 8.13. The van der Waals surface area contributed by atoms with Gasteiger partial charge in [0.2, 0.25) is 0 Å². The molecule has 9 heteroatoms. The topological polar surface area (TPSA) is 84.9 Å². The van der Waals surface area contributed by atoms with E-state index in [9.17, 15) is 13.2 Å². The van der Waals surface area contributed by atoms with Gasteiger partial charge in [-0.2, -0.15) is 0 Å². The average molecular weight is 459 g/mol. The van der Waals surface area contributed by atoms with Gasteiger partial charge < -0.3 is 14.4 Å². The summed E-state index contributed by atoms with van der Waals surface area (Å²) in [6.45, 7) is 2.29. The number of nitrogens with one attached hydrogen (secondary N) is 1. The maximum absolute atomic E-state index is 13.2. The van der Waals surface area contributed by atoms with Crippen molar-refractivity contribution in [1.82, 2.24) is 0 Å². The monoisotopic (exact) mass is 458 g/mol. The van der Waals surface area contributed by atoms with Crippen molar-refractivity contribution >= 4 is 38.9 Å². The normalized spacial score (nSPS) is 13.0. The number of benzene rings is 3. The van der Waals surface area contributed by atoms with Crippen molar-refractivity contribution in [2.45, 2.75) is 11.8 Å². The third-order valence-corrected chi connectivity index (χ3v) is 6.69. The number of ether oxygens (including phenoxy) is 2. The highest BCUT2D eigenvalue weighted by molar-refractivity contribution is 7.92. The second-order valence-corrected chi connectivity index (χ2v) is 8.79. The molecule has 1 aliphatic heterocycles. The molecule has 1 amide bonds. The Balaban J connectivity index is 1.71. The minimum absolute atomic E-state index is 0.0219. The van der Waals surface area contributed by atoms with Crippen LogP contribution in [0.5, 0.6) is 17.2 Å². The zero-order valence-corrected chi connectivity index (χ0v) is 18.3. The fraction of sp³-hybridized carbons (Fsp3) is 0.136. The molecule has 1 N–H and O–H groups in total. The molecular formula is C22H19ClN2O5S. The smallest absolute Gasteiger partial charge is 0.263 e. The fourth-order valence-electron chi connectivity index (χ4n) is 3.34. The number of nitrogens with zero attached hydrogens (tertiary/aromatic N) is 1. The molecule has 3 aromatic rings. The molecule has 160 valence electrons. The number of sulfonamides is 1. The summed E-state index contributed by atoms with van der Waals surface area (Å²) in [6.07, 6.45) is 0. The molecule has 1 aliphatic rings. The van der Waals surface area contributed by atoms with Crippen molar-refractivity contribution in [3.63, 3.8) is 0 Å². The quantitative estimate of drug-likeness (QED) is 0.586. The number of hydrogen-bond donors (Lipinski definition) is 1. The molecule has 0 fully saturated rings. The Morgan fingerprint density at radius 2 is 1.84 bits per heavy atom. The molecule has 0 atom stereocenters. The molecule has 0 spiro atoms. The van der Waals surface area contributed by atoms with Crippen LogP contribution in [0.25, 0.3) is 0 Å². The van der Waals surface area contributed by atoms with E-state index >= 15 is 0 Å². The molecule has 0 aromatic heterocycles. The van der Waals surface area contributed by atoms with Gasteiger partial charge in [-0.3, -0.25) is 9.52 Å². The molecule has 3 aromatic carbocycles. The number of methoxy groups -OCH3 is 1. The number of halogens is 1. The first kappa shape index (κ1) is 21.0. The molecule has 0 saturated carbocycles. The Morgan fingerprint density at radius 3 is 2.55 bits per heavy atom. The minimum atomic E-state index is -4.00. The van der Waals surface area contributed by atoms with Crippen LogP contribution in [0, 0.1) is 0 Å². The highest BCUT2D eigenvalue weighted by Gasteiger charge is 2.28. The zero-order valence-electron chi connectivity index (χ0n) is 16.8. The van der Waals surface area contributed by atoms with Crippen molar-refractivity contribution in [2.24, 2.45) is 0 Å². The summed E-state index contributed by atoms with van der Waals surface area (Å²) in [6, 6.07) is 16.1. The summed E-state index contributed by atoms with van der Waals surface area (Å²) in [5.74, 6) is 1.05. The lowest BCUT2D eigenvalue weighted by atomic mass is 10.1. The van der Waals surface area contributed by atoms with Crippen LogP contribution >= 0.6 is 11.6 Å². The lowest BCUT2D eigenvalue weighted by molar-refractivity contribution is 0.0988. The molecular weight excluding hydrogens is 440 g/mol. The summed E-state index contributed by atoms with van der Waals surface area (Å²) in [5, 5.41) is 0.0219. The van der Waals surface area contributed by atoms with Gasteiger partial charge in [-0.05, 0) is 49.4 Å². The third kappa shape index (κ3) is 3.92. The number of amides is 1. The Kier molecular flexibility index (Phi) is 5.51. The molecule has 0 aliphatic carbocycles. The lowest BCUT2D eigenvalue weighted by Crippen LogP contribution is -2.29. The Hall–Kier alpha value is -3.23. The predicted octanol–water partition coefficient (Wildman–Crippen LogP) is 4.92. The van der Waals surface area contributed by atoms with Crippen molar-refractivity contribution in [3.8, 4) is 17.2 Å². The van der Waals surface area contributed by atoms with Crippen LogP contribution < -0.4 is 19.1 Å². The standard InChI is InChI=1S/C22H19ClN2O5S/c1-3-25-18-6-4-5-7-20(18)30-19-10-8-14(12-16(19)22(25)26)24-31(27,28)21-11-9-15(29-2)13-17(21)23/h4-13,24H,3H2,1-2H3. The zero-order chi connectivity index (χ0) is 22.2. The maximum Gasteiger partial charge on any atom is 0.263 e. The Bertz CT molecular complexity index is 1280. The molecule has 31 heavy (non-hydrogen) atoms. The van der Waals surface area contributed by atoms with Gasteiger partial charge in [0.1, 0.15) is 16.4 Å². The van der Waals surface area contributed by atoms with Crippen LogP contribution in [-0.2, 0) is 10.0 Å². The van der Waals surface area contributed by atoms with Gasteiger partial charge in [0, 0.05) is 18.3 Å². The summed E-state index contributed by atoms with van der Waals surface area (Å²) in [5.41, 5.74) is 1.11. The van der Waals surface area contributed by atoms with Crippen molar-refractivity contribution in [2.75, 3.05) is 23.3 Å². The van der Waals surface area contributed by atoms with Crippen LogP contribution in [0.1, 0.15) is 17.3 Å². The number of carbonyl (C=O) groups excluding carboxylic acids is 1. The average Bonchev–Trinajstić information content (AvgIpc) is 2.86. The highest BCUT2D eigenvalue weighted by Crippen LogP contribution is 2.39. The van der Waals surface area contributed by atoms with Gasteiger partial charge >= 0.3 is 0 Å². The van der Waals surface area contributed by atoms with E-state index < -0.39 is 10.0 Å². The van der Waals surface area contributed by atoms with Gasteiger partial charge in [0.05, 0.1) is 23.4 Å². The SMILES string of the molecule is CCN1C(=O)c2cc(NS(=O)(=O)c3ccc(OC)cc3Cl)ccc2Oc2ccccc21. The van der Waals surface area contributed by atoms with E-state index in [1.807, 2.05) is 19.1 Å². The second-order valence-electron chi connectivity index (χ2n) is 6.73. The molecule has 0 bridgehead atoms. The largest absolute Gasteiger partial charge is 0.497 e. The van der Waals surface area contributed by atoms with Crippen molar-refractivity contribution in [1.29, 1.82) is 0 Å². The van der Waals surface area contributed by atoms with Gasteiger partial charge in [-0.15, -0.1) is 0 Å². The van der Waals surface area contributed by atoms with E-state index in [2.05, 4.69) is 4.72 Å². The van der Waals surface area contributed by atoms with E-state index in [1.54, 1.807) is 23.1 Å². The molecule has 4 rings (SSSR count). The van der Waals surface area contributed by atoms with Gasteiger partial charge in [-0.25, -0.2) is 8.42 Å². The van der Waals surface area contributed by atoms with Crippen LogP contribution in [0.15, 0.2) is 65.6 Å². The third-order valence-electron chi connectivity index (χ3n) is 4.83. The van der Waals surface area contributed by atoms with Gasteiger partial charge in [0.25, 0.3) is 15.9 Å². The first-order valence-corrected chi connectivity index (χ1v) is 11.3. The van der Waals surface area contributed by atoms with E-state index in [1.165, 1.54) is 37.4 Å². The molecule has 0 unspecified atom stereocenters. The number of rotatable bonds is 5. The van der Waals surface area contributed by atoms with Gasteiger partial charge in [-0.1, -0.05) is 23.7 Å². The fourth-order valence-corrected chi connectivity index (χ4v) is 4.93. The van der Waals surface area contributed by atoms with Crippen molar-refractivity contribution < 1.29 is 22.7 Å². The Labute approximate surface area is 185 Å². The Morgan fingerprint density at radius 1 is 1.06 bits per heavy atom. The minimum Gasteiger partial charge on any atom is -0.497 e. The number of carbonyl (C=O) groups is 1. The summed E-state index contributed by atoms with van der Waals surface area (Å²) in [4.78, 5) is 14.7. The molecule has 7 nitrogen and oxygen atoms in total. The highest BCUT2D eigenvalue weighted by atomic mass is 35.5. The summed E-state index contributed by atoms with van der Waals surface area (Å²) < 4.78 is 39.2. The predicted molar refractivity (Wildman–Crippen MR) is 119 cm³/mol. The first-order valence-electron chi connectivity index (χ1n) is 9.43. The lowest BCUT2D eigenvalue weighted by Gasteiger charge is -2.20. The number of anilines is 2. The number of para-hydroxylation sites is 2. The molecule has 0 saturated heterocycles. The number of fused-ring (bicyclic) bond motifs is 2. The van der Waals surface area contributed by atoms with Crippen LogP contribution in [-0.4, -0.2) is 28.0 Å². The first-order chi connectivity index (χ1) is 14.8. The van der Waals surface area contributed by atoms with E-state index in [0.29, 0.717) is 29.5 Å². The van der Waals surface area contributed by atoms with E-state index in [-0.39, 0.29) is 27.1 Å². The van der Waals surface area contributed by atoms with Crippen LogP contribution in [0.2, 0.25) is 5.02 Å². The molecule has 1 heterocycles. The van der Waals surface area contributed by atoms with E-state index in [4.69, 9.17) is 21.1 Å². The van der Waals surface area contributed by atoms with Crippen molar-refractivity contribution in [3.05, 3.63) is 71.2 Å². The van der Waals surface area contributed by atoms with Crippen LogP contribution in [0.4, 0.5) is 11.4 Å². The summed E-state index contributed by atoms with van der Waals surface area (Å²) in [7, 11) is -2.54.